The number of piperidine rings is 1. The largest absolute Gasteiger partial charge is 0.416 e. The quantitative estimate of drug-likeness (QED) is 0.664. The van der Waals surface area contributed by atoms with Gasteiger partial charge in [0.2, 0.25) is 5.91 Å². The number of hydrogen-bond acceptors (Lipinski definition) is 4. The summed E-state index contributed by atoms with van der Waals surface area (Å²) in [5, 5.41) is 0. The summed E-state index contributed by atoms with van der Waals surface area (Å²) in [4.78, 5) is 19.4. The average Bonchev–Trinajstić information content (AvgIpc) is 3.15. The molecule has 0 bridgehead atoms. The number of nitrogens with zero attached hydrogens (tertiary/aromatic N) is 4. The van der Waals surface area contributed by atoms with Crippen LogP contribution in [0.3, 0.4) is 0 Å². The van der Waals surface area contributed by atoms with Crippen LogP contribution in [0.2, 0.25) is 0 Å². The molecule has 1 aliphatic rings. The monoisotopic (exact) mass is 458 g/mol. The molecule has 11 heteroatoms. The van der Waals surface area contributed by atoms with Crippen LogP contribution in [-0.2, 0) is 28.8 Å². The van der Waals surface area contributed by atoms with Crippen molar-refractivity contribution in [3.05, 3.63) is 42.4 Å². The Bertz CT molecular complexity index is 930. The number of aromatic nitrogens is 2. The summed E-state index contributed by atoms with van der Waals surface area (Å²) < 4.78 is 62.6. The van der Waals surface area contributed by atoms with Gasteiger partial charge in [0, 0.05) is 25.8 Å². The number of benzene rings is 1. The van der Waals surface area contributed by atoms with Gasteiger partial charge in [-0.15, -0.1) is 0 Å². The third kappa shape index (κ3) is 5.65. The molecule has 0 aliphatic carbocycles. The van der Waals surface area contributed by atoms with Gasteiger partial charge in [-0.25, -0.2) is 13.5 Å². The summed E-state index contributed by atoms with van der Waals surface area (Å²) in [5.74, 6) is -0.00629. The van der Waals surface area contributed by atoms with Crippen molar-refractivity contribution in [1.82, 2.24) is 9.55 Å². The zero-order chi connectivity index (χ0) is 22.8. The standard InChI is InChI=1S/C20H25F3N4O3S/c1-14(2)10-25-12-18(24-13-25)26-9-3-4-15(11-26)19(28)27(31(29)30)17-7-5-16(6-8-17)20(21,22)23/h5-8,12-15H,3-4,9-11H2,1-2H3,(H,29,30)/t15-/m1/s1. The molecule has 1 aromatic carbocycles. The third-order valence-corrected chi connectivity index (χ3v) is 5.78. The van der Waals surface area contributed by atoms with Gasteiger partial charge in [-0.2, -0.15) is 13.2 Å². The van der Waals surface area contributed by atoms with Gasteiger partial charge in [-0.1, -0.05) is 13.8 Å². The van der Waals surface area contributed by atoms with Crippen LogP contribution in [0.1, 0.15) is 32.3 Å². The summed E-state index contributed by atoms with van der Waals surface area (Å²) in [6, 6.07) is 3.64. The number of rotatable bonds is 6. The lowest BCUT2D eigenvalue weighted by molar-refractivity contribution is -0.137. The van der Waals surface area contributed by atoms with Crippen molar-refractivity contribution in [3.63, 3.8) is 0 Å². The maximum Gasteiger partial charge on any atom is 0.416 e. The van der Waals surface area contributed by atoms with Crippen molar-refractivity contribution in [2.24, 2.45) is 11.8 Å². The number of amides is 1. The number of anilines is 2. The van der Waals surface area contributed by atoms with Gasteiger partial charge in [0.1, 0.15) is 5.82 Å². The van der Waals surface area contributed by atoms with E-state index in [-0.39, 0.29) is 5.69 Å². The van der Waals surface area contributed by atoms with Crippen molar-refractivity contribution in [3.8, 4) is 0 Å². The topological polar surface area (TPSA) is 78.7 Å². The smallest absolute Gasteiger partial charge is 0.355 e. The molecule has 3 rings (SSSR count). The van der Waals surface area contributed by atoms with Gasteiger partial charge < -0.3 is 9.47 Å². The van der Waals surface area contributed by atoms with Gasteiger partial charge in [-0.05, 0) is 43.0 Å². The lowest BCUT2D eigenvalue weighted by Crippen LogP contribution is -2.45. The van der Waals surface area contributed by atoms with E-state index in [1.54, 1.807) is 6.33 Å². The van der Waals surface area contributed by atoms with E-state index in [2.05, 4.69) is 18.8 Å². The summed E-state index contributed by atoms with van der Waals surface area (Å²) in [5.41, 5.74) is -0.953. The predicted octanol–water partition coefficient (Wildman–Crippen LogP) is 3.94. The highest BCUT2D eigenvalue weighted by molar-refractivity contribution is 7.81. The Morgan fingerprint density at radius 3 is 2.58 bits per heavy atom. The molecule has 0 saturated carbocycles. The molecule has 31 heavy (non-hydrogen) atoms. The fourth-order valence-corrected chi connectivity index (χ4v) is 4.27. The number of imidazole rings is 1. The molecule has 0 spiro atoms. The molecule has 1 aliphatic heterocycles. The number of carbonyl (C=O) groups excluding carboxylic acids is 1. The van der Waals surface area contributed by atoms with E-state index in [4.69, 9.17) is 0 Å². The van der Waals surface area contributed by atoms with E-state index in [0.29, 0.717) is 36.2 Å². The van der Waals surface area contributed by atoms with Crippen LogP contribution in [0.25, 0.3) is 0 Å². The van der Waals surface area contributed by atoms with Gasteiger partial charge in [-0.3, -0.25) is 9.35 Å². The average molecular weight is 459 g/mol. The minimum Gasteiger partial charge on any atom is -0.355 e. The molecular formula is C20H25F3N4O3S. The zero-order valence-electron chi connectivity index (χ0n) is 17.2. The van der Waals surface area contributed by atoms with Crippen LogP contribution in [0.4, 0.5) is 24.7 Å². The van der Waals surface area contributed by atoms with E-state index >= 15 is 0 Å². The molecule has 7 nitrogen and oxygen atoms in total. The second-order valence-corrected chi connectivity index (χ2v) is 8.84. The van der Waals surface area contributed by atoms with Crippen LogP contribution in [0.15, 0.2) is 36.8 Å². The lowest BCUT2D eigenvalue weighted by Gasteiger charge is -2.34. The van der Waals surface area contributed by atoms with Crippen LogP contribution in [0, 0.1) is 11.8 Å². The minimum atomic E-state index is -4.53. The molecule has 2 heterocycles. The van der Waals surface area contributed by atoms with Crippen LogP contribution < -0.4 is 9.21 Å². The molecule has 1 amide bonds. The minimum absolute atomic E-state index is 0.0582. The Hall–Kier alpha value is -2.40. The fraction of sp³-hybridized carbons (Fsp3) is 0.500. The van der Waals surface area contributed by atoms with E-state index in [1.165, 1.54) is 0 Å². The summed E-state index contributed by atoms with van der Waals surface area (Å²) >= 11 is -2.71. The maximum atomic E-state index is 13.0. The molecule has 1 unspecified atom stereocenters. The van der Waals surface area contributed by atoms with Crippen LogP contribution in [-0.4, -0.2) is 37.3 Å². The first-order valence-electron chi connectivity index (χ1n) is 9.95. The van der Waals surface area contributed by atoms with Crippen LogP contribution >= 0.6 is 0 Å². The molecule has 0 radical (unpaired) electrons. The van der Waals surface area contributed by atoms with Crippen molar-refractivity contribution in [1.29, 1.82) is 0 Å². The van der Waals surface area contributed by atoms with Crippen molar-refractivity contribution >= 4 is 28.7 Å². The van der Waals surface area contributed by atoms with E-state index in [0.717, 1.165) is 36.6 Å². The van der Waals surface area contributed by atoms with Crippen molar-refractivity contribution in [2.45, 2.75) is 39.4 Å². The molecule has 2 aromatic rings. The fourth-order valence-electron chi connectivity index (χ4n) is 3.67. The Balaban J connectivity index is 1.76. The molecule has 1 saturated heterocycles. The Morgan fingerprint density at radius 2 is 2.00 bits per heavy atom. The highest BCUT2D eigenvalue weighted by atomic mass is 32.2. The first-order chi connectivity index (χ1) is 14.6. The van der Waals surface area contributed by atoms with E-state index in [1.807, 2.05) is 15.7 Å². The summed E-state index contributed by atoms with van der Waals surface area (Å²) in [6.45, 7) is 6.02. The van der Waals surface area contributed by atoms with Gasteiger partial charge in [0.15, 0.2) is 0 Å². The Labute approximate surface area is 181 Å². The molecule has 2 atom stereocenters. The SMILES string of the molecule is CC(C)Cn1cnc(N2CCC[C@@H](C(=O)N(c3ccc(C(F)(F)F)cc3)S(=O)O)C2)c1. The van der Waals surface area contributed by atoms with Gasteiger partial charge in [0.25, 0.3) is 11.3 Å². The van der Waals surface area contributed by atoms with E-state index in [9.17, 15) is 26.7 Å². The Kier molecular flexibility index (Phi) is 7.05. The molecule has 170 valence electrons. The molecular weight excluding hydrogens is 433 g/mol. The molecule has 1 N–H and O–H groups in total. The predicted molar refractivity (Wildman–Crippen MR) is 112 cm³/mol. The maximum absolute atomic E-state index is 13.0. The summed E-state index contributed by atoms with van der Waals surface area (Å²) in [7, 11) is 0. The van der Waals surface area contributed by atoms with Crippen molar-refractivity contribution in [2.75, 3.05) is 22.3 Å². The molecule has 1 aromatic heterocycles. The number of halogens is 3. The first-order valence-corrected chi connectivity index (χ1v) is 11.0. The van der Waals surface area contributed by atoms with Gasteiger partial charge in [0.05, 0.1) is 23.5 Å². The second-order valence-electron chi connectivity index (χ2n) is 8.02. The number of carbonyl (C=O) groups is 1. The lowest BCUT2D eigenvalue weighted by atomic mass is 9.97. The van der Waals surface area contributed by atoms with E-state index < -0.39 is 34.8 Å². The normalized spacial score (nSPS) is 18.3. The van der Waals surface area contributed by atoms with Crippen molar-refractivity contribution < 1.29 is 26.7 Å². The summed E-state index contributed by atoms with van der Waals surface area (Å²) in [6.07, 6.45) is 0.306. The number of alkyl halides is 3. The van der Waals surface area contributed by atoms with Gasteiger partial charge >= 0.3 is 6.18 Å². The zero-order valence-corrected chi connectivity index (χ0v) is 18.1. The third-order valence-electron chi connectivity index (χ3n) is 5.08. The highest BCUT2D eigenvalue weighted by Crippen LogP contribution is 2.32. The van der Waals surface area contributed by atoms with Crippen LogP contribution in [0.5, 0.6) is 0 Å². The Morgan fingerprint density at radius 1 is 1.32 bits per heavy atom. The second kappa shape index (κ2) is 9.39. The highest BCUT2D eigenvalue weighted by Gasteiger charge is 2.34. The number of hydrogen-bond donors (Lipinski definition) is 1. The first kappa shape index (κ1) is 23.3. The molecule has 1 fully saturated rings.